The molecule has 0 heterocycles. The van der Waals surface area contributed by atoms with Crippen molar-refractivity contribution in [1.29, 1.82) is 0 Å². The summed E-state index contributed by atoms with van der Waals surface area (Å²) in [5, 5.41) is 2.63. The van der Waals surface area contributed by atoms with Crippen LogP contribution in [-0.4, -0.2) is 14.9 Å². The van der Waals surface area contributed by atoms with Gasteiger partial charge < -0.3 is 4.43 Å². The van der Waals surface area contributed by atoms with Gasteiger partial charge in [-0.05, 0) is 27.2 Å². The van der Waals surface area contributed by atoms with Gasteiger partial charge in [-0.15, -0.1) is 0 Å². The zero-order valence-corrected chi connectivity index (χ0v) is 17.4. The number of benzene rings is 2. The van der Waals surface area contributed by atoms with E-state index in [1.54, 1.807) is 0 Å². The normalized spacial score (nSPS) is 13.0. The van der Waals surface area contributed by atoms with Crippen LogP contribution in [-0.2, 0) is 4.43 Å². The van der Waals surface area contributed by atoms with Crippen molar-refractivity contribution in [2.24, 2.45) is 5.92 Å². The van der Waals surface area contributed by atoms with Gasteiger partial charge in [0.05, 0.1) is 0 Å². The molecule has 24 heavy (non-hydrogen) atoms. The Morgan fingerprint density at radius 3 is 1.79 bits per heavy atom. The summed E-state index contributed by atoms with van der Waals surface area (Å²) < 4.78 is 6.80. The van der Waals surface area contributed by atoms with E-state index in [1.807, 2.05) is 0 Å². The summed E-state index contributed by atoms with van der Waals surface area (Å²) >= 11 is 3.19. The first-order valence-corrected chi connectivity index (χ1v) is 11.0. The Morgan fingerprint density at radius 2 is 1.42 bits per heavy atom. The van der Waals surface area contributed by atoms with E-state index < -0.39 is 8.32 Å². The van der Waals surface area contributed by atoms with Gasteiger partial charge in [-0.2, -0.15) is 0 Å². The average Bonchev–Trinajstić information content (AvgIpc) is 2.56. The molecule has 0 aliphatic rings. The van der Waals surface area contributed by atoms with E-state index in [-0.39, 0.29) is 11.0 Å². The molecule has 0 bridgehead atoms. The Balaban J connectivity index is 2.59. The first-order valence-electron chi connectivity index (χ1n) is 8.28. The molecule has 1 nitrogen and oxygen atoms in total. The second-order valence-corrected chi connectivity index (χ2v) is 11.8. The standard InChI is InChI=1S/C21H25BrOSi/c1-18(15-16-22)17-23-24(21(2,3)4,19-11-7-5-8-12-19)20-13-9-6-10-14-20/h5-14,18H,17H2,1-4H3/t18-/m1/s1. The van der Waals surface area contributed by atoms with Crippen LogP contribution < -0.4 is 10.4 Å². The molecule has 2 aromatic carbocycles. The molecule has 0 saturated carbocycles. The molecule has 0 radical (unpaired) electrons. The van der Waals surface area contributed by atoms with Gasteiger partial charge in [0.2, 0.25) is 0 Å². The lowest BCUT2D eigenvalue weighted by molar-refractivity contribution is 0.272. The van der Waals surface area contributed by atoms with Gasteiger partial charge in [0.25, 0.3) is 8.32 Å². The number of rotatable bonds is 5. The van der Waals surface area contributed by atoms with Crippen molar-refractivity contribution in [2.45, 2.75) is 32.7 Å². The van der Waals surface area contributed by atoms with E-state index >= 15 is 0 Å². The SMILES string of the molecule is C[C@H](C#CBr)CO[Si](c1ccccc1)(c1ccccc1)C(C)(C)C. The van der Waals surface area contributed by atoms with E-state index in [0.29, 0.717) is 6.61 Å². The minimum atomic E-state index is -2.42. The minimum absolute atomic E-state index is 0.0112. The number of hydrogen-bond acceptors (Lipinski definition) is 1. The fraction of sp³-hybridized carbons (Fsp3) is 0.333. The molecule has 0 unspecified atom stereocenters. The smallest absolute Gasteiger partial charge is 0.261 e. The highest BCUT2D eigenvalue weighted by atomic mass is 79.9. The highest BCUT2D eigenvalue weighted by Gasteiger charge is 2.50. The molecular formula is C21H25BrOSi. The zero-order valence-electron chi connectivity index (χ0n) is 14.8. The molecule has 126 valence electrons. The molecule has 2 rings (SSSR count). The van der Waals surface area contributed by atoms with Gasteiger partial charge in [0.1, 0.15) is 0 Å². The Kier molecular flexibility index (Phi) is 6.45. The molecule has 0 amide bonds. The van der Waals surface area contributed by atoms with Gasteiger partial charge in [-0.25, -0.2) is 0 Å². The van der Waals surface area contributed by atoms with Crippen LogP contribution in [0.3, 0.4) is 0 Å². The van der Waals surface area contributed by atoms with Crippen LogP contribution in [0.2, 0.25) is 5.04 Å². The van der Waals surface area contributed by atoms with E-state index in [1.165, 1.54) is 10.4 Å². The predicted octanol–water partition coefficient (Wildman–Crippen LogP) is 4.55. The summed E-state index contributed by atoms with van der Waals surface area (Å²) in [6, 6.07) is 21.4. The molecule has 0 saturated heterocycles. The summed E-state index contributed by atoms with van der Waals surface area (Å²) in [6.07, 6.45) is 0. The Labute approximate surface area is 155 Å². The summed E-state index contributed by atoms with van der Waals surface area (Å²) in [5.41, 5.74) is 0. The van der Waals surface area contributed by atoms with Gasteiger partial charge >= 0.3 is 0 Å². The number of hydrogen-bond donors (Lipinski definition) is 0. The highest BCUT2D eigenvalue weighted by molar-refractivity contribution is 9.12. The monoisotopic (exact) mass is 400 g/mol. The van der Waals surface area contributed by atoms with Crippen LogP contribution in [0.15, 0.2) is 60.7 Å². The molecule has 0 aromatic heterocycles. The van der Waals surface area contributed by atoms with Crippen molar-refractivity contribution in [3.05, 3.63) is 60.7 Å². The van der Waals surface area contributed by atoms with Crippen molar-refractivity contribution in [2.75, 3.05) is 6.61 Å². The molecular weight excluding hydrogens is 376 g/mol. The van der Waals surface area contributed by atoms with Crippen LogP contribution in [0.5, 0.6) is 0 Å². The molecule has 0 aliphatic heterocycles. The quantitative estimate of drug-likeness (QED) is 0.528. The third-order valence-electron chi connectivity index (χ3n) is 4.27. The second kappa shape index (κ2) is 8.16. The lowest BCUT2D eigenvalue weighted by atomic mass is 10.2. The maximum Gasteiger partial charge on any atom is 0.261 e. The van der Waals surface area contributed by atoms with Crippen molar-refractivity contribution in [3.8, 4) is 10.8 Å². The van der Waals surface area contributed by atoms with Crippen LogP contribution >= 0.6 is 15.9 Å². The predicted molar refractivity (Wildman–Crippen MR) is 109 cm³/mol. The second-order valence-electron chi connectivity index (χ2n) is 7.11. The van der Waals surface area contributed by atoms with Crippen molar-refractivity contribution in [3.63, 3.8) is 0 Å². The van der Waals surface area contributed by atoms with Crippen LogP contribution in [0.25, 0.3) is 0 Å². The van der Waals surface area contributed by atoms with Crippen LogP contribution in [0, 0.1) is 16.7 Å². The Bertz CT molecular complexity index is 656. The summed E-state index contributed by atoms with van der Waals surface area (Å²) in [5.74, 6) is 3.32. The van der Waals surface area contributed by atoms with Gasteiger partial charge in [0, 0.05) is 28.5 Å². The van der Waals surface area contributed by atoms with Gasteiger partial charge in [-0.3, -0.25) is 0 Å². The lowest BCUT2D eigenvalue weighted by Gasteiger charge is -2.43. The van der Waals surface area contributed by atoms with E-state index in [0.717, 1.165) is 0 Å². The summed E-state index contributed by atoms with van der Waals surface area (Å²) in [6.45, 7) is 9.61. The molecule has 3 heteroatoms. The maximum atomic E-state index is 6.80. The highest BCUT2D eigenvalue weighted by Crippen LogP contribution is 2.36. The topological polar surface area (TPSA) is 9.23 Å². The van der Waals surface area contributed by atoms with Gasteiger partial charge in [-0.1, -0.05) is 87.4 Å². The fourth-order valence-electron chi connectivity index (χ4n) is 3.15. The Hall–Kier alpha value is -1.34. The Morgan fingerprint density at radius 1 is 0.958 bits per heavy atom. The minimum Gasteiger partial charge on any atom is -0.406 e. The fourth-order valence-corrected chi connectivity index (χ4v) is 8.19. The third-order valence-corrected chi connectivity index (χ3v) is 9.50. The average molecular weight is 401 g/mol. The molecule has 0 N–H and O–H groups in total. The first-order chi connectivity index (χ1) is 11.4. The molecule has 0 fully saturated rings. The molecule has 0 spiro atoms. The van der Waals surface area contributed by atoms with E-state index in [2.05, 4.69) is 115 Å². The summed E-state index contributed by atoms with van der Waals surface area (Å²) in [7, 11) is -2.42. The van der Waals surface area contributed by atoms with E-state index in [9.17, 15) is 0 Å². The van der Waals surface area contributed by atoms with Crippen molar-refractivity contribution < 1.29 is 4.43 Å². The molecule has 0 aliphatic carbocycles. The number of halogens is 1. The maximum absolute atomic E-state index is 6.80. The lowest BCUT2D eigenvalue weighted by Crippen LogP contribution is -2.66. The largest absolute Gasteiger partial charge is 0.406 e. The summed E-state index contributed by atoms with van der Waals surface area (Å²) in [4.78, 5) is 2.82. The first kappa shape index (κ1) is 19.0. The third kappa shape index (κ3) is 4.00. The van der Waals surface area contributed by atoms with Crippen molar-refractivity contribution >= 4 is 34.6 Å². The van der Waals surface area contributed by atoms with Gasteiger partial charge in [0.15, 0.2) is 0 Å². The van der Waals surface area contributed by atoms with Crippen LogP contribution in [0.4, 0.5) is 0 Å². The van der Waals surface area contributed by atoms with Crippen LogP contribution in [0.1, 0.15) is 27.7 Å². The molecule has 1 atom stereocenters. The molecule has 2 aromatic rings. The zero-order chi connectivity index (χ0) is 17.6. The van der Waals surface area contributed by atoms with Crippen molar-refractivity contribution in [1.82, 2.24) is 0 Å². The van der Waals surface area contributed by atoms with E-state index in [4.69, 9.17) is 4.43 Å².